The highest BCUT2D eigenvalue weighted by molar-refractivity contribution is 7.13. The lowest BCUT2D eigenvalue weighted by molar-refractivity contribution is 0.770. The lowest BCUT2D eigenvalue weighted by Gasteiger charge is -2.12. The first-order valence-corrected chi connectivity index (χ1v) is 9.77. The van der Waals surface area contributed by atoms with Crippen molar-refractivity contribution in [2.75, 3.05) is 38.1 Å². The molecule has 0 aromatic carbocycles. The Morgan fingerprint density at radius 3 is 2.60 bits per heavy atom. The summed E-state index contributed by atoms with van der Waals surface area (Å²) in [7, 11) is 1.80. The smallest absolute Gasteiger partial charge is 0.191 e. The Kier molecular flexibility index (Phi) is 6.62. The molecule has 0 amide bonds. The fourth-order valence-corrected chi connectivity index (χ4v) is 3.76. The van der Waals surface area contributed by atoms with Crippen LogP contribution in [0.1, 0.15) is 24.2 Å². The van der Waals surface area contributed by atoms with E-state index in [9.17, 15) is 0 Å². The summed E-state index contributed by atoms with van der Waals surface area (Å²) in [6, 6.07) is 5.99. The third kappa shape index (κ3) is 5.42. The van der Waals surface area contributed by atoms with E-state index in [1.165, 1.54) is 18.0 Å². The SMILES string of the molecule is CN=C(NCCc1ccccn1)NCCc1csc(N2CCCC2)n1. The Morgan fingerprint density at radius 2 is 1.92 bits per heavy atom. The monoisotopic (exact) mass is 358 g/mol. The van der Waals surface area contributed by atoms with Crippen molar-refractivity contribution in [2.24, 2.45) is 4.99 Å². The number of guanidine groups is 1. The standard InChI is InChI=1S/C18H26N6S/c1-19-17(21-10-7-15-6-2-3-9-20-15)22-11-8-16-14-25-18(23-16)24-12-4-5-13-24/h2-3,6,9,14H,4-5,7-8,10-13H2,1H3,(H2,19,21,22). The minimum absolute atomic E-state index is 0.812. The van der Waals surface area contributed by atoms with Gasteiger partial charge >= 0.3 is 0 Å². The second-order valence-electron chi connectivity index (χ2n) is 6.06. The molecule has 3 rings (SSSR count). The second kappa shape index (κ2) is 9.36. The summed E-state index contributed by atoms with van der Waals surface area (Å²) >= 11 is 1.76. The van der Waals surface area contributed by atoms with Crippen LogP contribution in [0.3, 0.4) is 0 Å². The van der Waals surface area contributed by atoms with Gasteiger partial charge in [-0.25, -0.2) is 4.98 Å². The number of aliphatic imine (C=N–C) groups is 1. The molecule has 25 heavy (non-hydrogen) atoms. The number of nitrogens with one attached hydrogen (secondary N) is 2. The zero-order valence-corrected chi connectivity index (χ0v) is 15.6. The van der Waals surface area contributed by atoms with Crippen LogP contribution in [0.5, 0.6) is 0 Å². The molecule has 0 atom stereocenters. The van der Waals surface area contributed by atoms with E-state index < -0.39 is 0 Å². The lowest BCUT2D eigenvalue weighted by atomic mass is 10.3. The van der Waals surface area contributed by atoms with Crippen molar-refractivity contribution < 1.29 is 0 Å². The molecule has 134 valence electrons. The van der Waals surface area contributed by atoms with E-state index >= 15 is 0 Å². The largest absolute Gasteiger partial charge is 0.356 e. The van der Waals surface area contributed by atoms with Gasteiger partial charge in [-0.3, -0.25) is 9.98 Å². The molecule has 1 aliphatic rings. The fraction of sp³-hybridized carbons (Fsp3) is 0.500. The van der Waals surface area contributed by atoms with Gasteiger partial charge in [0.05, 0.1) is 5.69 Å². The van der Waals surface area contributed by atoms with Crippen LogP contribution in [0.15, 0.2) is 34.8 Å². The van der Waals surface area contributed by atoms with E-state index in [0.29, 0.717) is 0 Å². The summed E-state index contributed by atoms with van der Waals surface area (Å²) in [5.41, 5.74) is 2.24. The van der Waals surface area contributed by atoms with Gasteiger partial charge in [-0.05, 0) is 25.0 Å². The molecule has 0 unspecified atom stereocenters. The van der Waals surface area contributed by atoms with Crippen molar-refractivity contribution in [3.63, 3.8) is 0 Å². The number of pyridine rings is 1. The van der Waals surface area contributed by atoms with Crippen LogP contribution in [-0.4, -0.2) is 49.2 Å². The van der Waals surface area contributed by atoms with Gasteiger partial charge in [-0.15, -0.1) is 11.3 Å². The molecule has 0 spiro atoms. The first-order valence-electron chi connectivity index (χ1n) is 8.89. The van der Waals surface area contributed by atoms with Gasteiger partial charge < -0.3 is 15.5 Å². The van der Waals surface area contributed by atoms with Crippen LogP contribution in [-0.2, 0) is 12.8 Å². The Labute approximate surface area is 153 Å². The second-order valence-corrected chi connectivity index (χ2v) is 6.90. The molecule has 0 bridgehead atoms. The molecular weight excluding hydrogens is 332 g/mol. The molecule has 0 saturated carbocycles. The molecule has 0 radical (unpaired) electrons. The minimum Gasteiger partial charge on any atom is -0.356 e. The third-order valence-corrected chi connectivity index (χ3v) is 5.16. The van der Waals surface area contributed by atoms with Crippen molar-refractivity contribution >= 4 is 22.4 Å². The molecule has 2 aromatic heterocycles. The molecule has 2 N–H and O–H groups in total. The van der Waals surface area contributed by atoms with Crippen LogP contribution in [0.2, 0.25) is 0 Å². The Balaban J connectivity index is 1.36. The Morgan fingerprint density at radius 1 is 1.16 bits per heavy atom. The van der Waals surface area contributed by atoms with Crippen LogP contribution in [0.4, 0.5) is 5.13 Å². The maximum atomic E-state index is 4.75. The lowest BCUT2D eigenvalue weighted by Crippen LogP contribution is -2.39. The summed E-state index contributed by atoms with van der Waals surface area (Å²) in [4.78, 5) is 15.7. The highest BCUT2D eigenvalue weighted by Crippen LogP contribution is 2.24. The van der Waals surface area contributed by atoms with Crippen molar-refractivity contribution in [3.8, 4) is 0 Å². The van der Waals surface area contributed by atoms with Crippen LogP contribution in [0.25, 0.3) is 0 Å². The Hall–Kier alpha value is -2.15. The van der Waals surface area contributed by atoms with Gasteiger partial charge in [0.25, 0.3) is 0 Å². The molecule has 3 heterocycles. The van der Waals surface area contributed by atoms with Crippen molar-refractivity contribution in [2.45, 2.75) is 25.7 Å². The summed E-state index contributed by atoms with van der Waals surface area (Å²) in [6.45, 7) is 3.94. The predicted molar refractivity (Wildman–Crippen MR) is 105 cm³/mol. The summed E-state index contributed by atoms with van der Waals surface area (Å²) < 4.78 is 0. The van der Waals surface area contributed by atoms with Gasteiger partial charge in [0, 0.05) is 63.3 Å². The van der Waals surface area contributed by atoms with E-state index in [2.05, 4.69) is 30.9 Å². The highest BCUT2D eigenvalue weighted by Gasteiger charge is 2.15. The molecule has 2 aromatic rings. The van der Waals surface area contributed by atoms with Gasteiger partial charge in [-0.1, -0.05) is 6.07 Å². The molecule has 7 heteroatoms. The van der Waals surface area contributed by atoms with Crippen LogP contribution >= 0.6 is 11.3 Å². The van der Waals surface area contributed by atoms with Crippen molar-refractivity contribution in [3.05, 3.63) is 41.2 Å². The average Bonchev–Trinajstić information content (AvgIpc) is 3.33. The van der Waals surface area contributed by atoms with E-state index in [1.807, 2.05) is 24.4 Å². The van der Waals surface area contributed by atoms with E-state index in [-0.39, 0.29) is 0 Å². The normalized spacial score (nSPS) is 14.8. The topological polar surface area (TPSA) is 65.4 Å². The molecule has 0 aliphatic carbocycles. The molecular formula is C18H26N6S. The number of aromatic nitrogens is 2. The molecule has 1 aliphatic heterocycles. The van der Waals surface area contributed by atoms with Gasteiger partial charge in [0.15, 0.2) is 11.1 Å². The van der Waals surface area contributed by atoms with Crippen LogP contribution < -0.4 is 15.5 Å². The highest BCUT2D eigenvalue weighted by atomic mass is 32.1. The fourth-order valence-electron chi connectivity index (χ4n) is 2.85. The Bertz CT molecular complexity index is 663. The maximum Gasteiger partial charge on any atom is 0.191 e. The predicted octanol–water partition coefficient (Wildman–Crippen LogP) is 2.09. The maximum absolute atomic E-state index is 4.75. The molecule has 1 fully saturated rings. The van der Waals surface area contributed by atoms with E-state index in [0.717, 1.165) is 56.4 Å². The van der Waals surface area contributed by atoms with Gasteiger partial charge in [0.1, 0.15) is 0 Å². The quantitative estimate of drug-likeness (QED) is 0.586. The van der Waals surface area contributed by atoms with Crippen molar-refractivity contribution in [1.29, 1.82) is 0 Å². The number of anilines is 1. The number of hydrogen-bond acceptors (Lipinski definition) is 5. The minimum atomic E-state index is 0.812. The average molecular weight is 359 g/mol. The third-order valence-electron chi connectivity index (χ3n) is 4.21. The number of nitrogens with zero attached hydrogens (tertiary/aromatic N) is 4. The number of thiazole rings is 1. The summed E-state index contributed by atoms with van der Waals surface area (Å²) in [5, 5.41) is 10.0. The first kappa shape index (κ1) is 17.7. The zero-order chi connectivity index (χ0) is 17.3. The van der Waals surface area contributed by atoms with Crippen LogP contribution in [0, 0.1) is 0 Å². The van der Waals surface area contributed by atoms with Gasteiger partial charge in [0.2, 0.25) is 0 Å². The molecule has 6 nitrogen and oxygen atoms in total. The number of hydrogen-bond donors (Lipinski definition) is 2. The molecule has 1 saturated heterocycles. The zero-order valence-electron chi connectivity index (χ0n) is 14.7. The first-order chi connectivity index (χ1) is 12.3. The van der Waals surface area contributed by atoms with E-state index in [4.69, 9.17) is 4.98 Å². The van der Waals surface area contributed by atoms with Gasteiger partial charge in [-0.2, -0.15) is 0 Å². The summed E-state index contributed by atoms with van der Waals surface area (Å²) in [5.74, 6) is 0.825. The summed E-state index contributed by atoms with van der Waals surface area (Å²) in [6.07, 6.45) is 6.19. The number of rotatable bonds is 7. The van der Waals surface area contributed by atoms with Crippen molar-refractivity contribution in [1.82, 2.24) is 20.6 Å². The van der Waals surface area contributed by atoms with E-state index in [1.54, 1.807) is 18.4 Å².